The Kier molecular flexibility index (Phi) is 5.94. The van der Waals surface area contributed by atoms with Crippen molar-refractivity contribution in [3.63, 3.8) is 0 Å². The van der Waals surface area contributed by atoms with Crippen LogP contribution in [-0.4, -0.2) is 62.9 Å². The number of carbonyl (C=O) groups is 1. The van der Waals surface area contributed by atoms with E-state index in [1.807, 2.05) is 0 Å². The molecule has 5 nitrogen and oxygen atoms in total. The Hall–Kier alpha value is -0.650. The second-order valence-electron chi connectivity index (χ2n) is 7.78. The van der Waals surface area contributed by atoms with E-state index in [1.165, 1.54) is 32.1 Å². The molecule has 3 fully saturated rings. The van der Waals surface area contributed by atoms with E-state index in [-0.39, 0.29) is 5.91 Å². The van der Waals surface area contributed by atoms with Crippen LogP contribution in [0.5, 0.6) is 0 Å². The fraction of sp³-hybridized carbons (Fsp3) is 0.944. The van der Waals surface area contributed by atoms with Crippen molar-refractivity contribution < 1.29 is 14.3 Å². The molecule has 2 aliphatic heterocycles. The summed E-state index contributed by atoms with van der Waals surface area (Å²) in [6.07, 6.45) is 7.77. The lowest BCUT2D eigenvalue weighted by molar-refractivity contribution is -0.122. The lowest BCUT2D eigenvalue weighted by Crippen LogP contribution is -2.39. The first kappa shape index (κ1) is 17.2. The highest BCUT2D eigenvalue weighted by Crippen LogP contribution is 2.37. The molecule has 23 heavy (non-hydrogen) atoms. The van der Waals surface area contributed by atoms with E-state index < -0.39 is 0 Å². The van der Waals surface area contributed by atoms with Gasteiger partial charge in [0.2, 0.25) is 5.91 Å². The van der Waals surface area contributed by atoms with Gasteiger partial charge in [0, 0.05) is 25.1 Å². The molecule has 2 saturated heterocycles. The first-order valence-electron chi connectivity index (χ1n) is 9.35. The third-order valence-electron chi connectivity index (χ3n) is 5.86. The third kappa shape index (κ3) is 4.68. The van der Waals surface area contributed by atoms with Crippen molar-refractivity contribution in [3.05, 3.63) is 0 Å². The van der Waals surface area contributed by atoms with Crippen LogP contribution >= 0.6 is 0 Å². The first-order chi connectivity index (χ1) is 11.2. The summed E-state index contributed by atoms with van der Waals surface area (Å²) in [4.78, 5) is 14.4. The predicted molar refractivity (Wildman–Crippen MR) is 89.3 cm³/mol. The summed E-state index contributed by atoms with van der Waals surface area (Å²) in [5, 5.41) is 3.01. The van der Waals surface area contributed by atoms with Crippen molar-refractivity contribution in [2.45, 2.75) is 51.6 Å². The molecule has 0 aromatic rings. The third-order valence-corrected chi connectivity index (χ3v) is 5.86. The van der Waals surface area contributed by atoms with E-state index in [1.54, 1.807) is 0 Å². The molecular weight excluding hydrogens is 292 g/mol. The maximum atomic E-state index is 12.1. The van der Waals surface area contributed by atoms with Gasteiger partial charge in [-0.2, -0.15) is 0 Å². The highest BCUT2D eigenvalue weighted by Gasteiger charge is 2.41. The topological polar surface area (TPSA) is 50.8 Å². The predicted octanol–water partition coefficient (Wildman–Crippen LogP) is 1.81. The van der Waals surface area contributed by atoms with Gasteiger partial charge in [0.15, 0.2) is 0 Å². The number of ether oxygens (including phenoxy) is 2. The molecule has 0 bridgehead atoms. The summed E-state index contributed by atoms with van der Waals surface area (Å²) in [5.74, 6) is 0.787. The zero-order valence-corrected chi connectivity index (χ0v) is 14.5. The molecule has 1 spiro atoms. The Balaban J connectivity index is 1.28. The summed E-state index contributed by atoms with van der Waals surface area (Å²) in [6, 6.07) is 0. The van der Waals surface area contributed by atoms with Crippen LogP contribution in [0.4, 0.5) is 0 Å². The molecule has 0 aromatic heterocycles. The lowest BCUT2D eigenvalue weighted by Gasteiger charge is -2.28. The number of nitrogens with one attached hydrogen (secondary N) is 1. The standard InChI is InChI=1S/C18H32N2O3/c1-15-4-2-3-5-16(15)23-11-8-19-17(21)12-20-9-6-18(13-20)7-10-22-14-18/h15-16H,2-14H2,1H3,(H,19,21)/t15-,16+,18-/m1/s1. The van der Waals surface area contributed by atoms with Crippen LogP contribution in [-0.2, 0) is 14.3 Å². The Bertz CT molecular complexity index is 396. The zero-order chi connectivity index (χ0) is 16.1. The minimum Gasteiger partial charge on any atom is -0.381 e. The Morgan fingerprint density at radius 1 is 1.35 bits per heavy atom. The quantitative estimate of drug-likeness (QED) is 0.757. The van der Waals surface area contributed by atoms with E-state index in [0.29, 0.717) is 37.1 Å². The molecule has 3 aliphatic rings. The average Bonchev–Trinajstić information content (AvgIpc) is 3.16. The number of hydrogen-bond donors (Lipinski definition) is 1. The summed E-state index contributed by atoms with van der Waals surface area (Å²) >= 11 is 0. The lowest BCUT2D eigenvalue weighted by atomic mass is 9.87. The molecular formula is C18H32N2O3. The van der Waals surface area contributed by atoms with E-state index >= 15 is 0 Å². The number of carbonyl (C=O) groups excluding carboxylic acids is 1. The molecule has 0 unspecified atom stereocenters. The molecule has 5 heteroatoms. The van der Waals surface area contributed by atoms with Crippen LogP contribution in [0.25, 0.3) is 0 Å². The van der Waals surface area contributed by atoms with Gasteiger partial charge >= 0.3 is 0 Å². The second-order valence-corrected chi connectivity index (χ2v) is 7.78. The van der Waals surface area contributed by atoms with Crippen LogP contribution in [0, 0.1) is 11.3 Å². The highest BCUT2D eigenvalue weighted by atomic mass is 16.5. The largest absolute Gasteiger partial charge is 0.381 e. The van der Waals surface area contributed by atoms with Gasteiger partial charge in [-0.1, -0.05) is 19.8 Å². The maximum absolute atomic E-state index is 12.1. The van der Waals surface area contributed by atoms with Crippen LogP contribution in [0.1, 0.15) is 45.4 Å². The summed E-state index contributed by atoms with van der Waals surface area (Å²) < 4.78 is 11.5. The van der Waals surface area contributed by atoms with Crippen molar-refractivity contribution in [2.24, 2.45) is 11.3 Å². The monoisotopic (exact) mass is 324 g/mol. The Morgan fingerprint density at radius 3 is 3.00 bits per heavy atom. The number of rotatable bonds is 6. The summed E-state index contributed by atoms with van der Waals surface area (Å²) in [5.41, 5.74) is 0.334. The van der Waals surface area contributed by atoms with Crippen LogP contribution < -0.4 is 5.32 Å². The van der Waals surface area contributed by atoms with Crippen LogP contribution in [0.2, 0.25) is 0 Å². The molecule has 1 N–H and O–H groups in total. The number of likely N-dealkylation sites (tertiary alicyclic amines) is 1. The summed E-state index contributed by atoms with van der Waals surface area (Å²) in [7, 11) is 0. The molecule has 1 amide bonds. The van der Waals surface area contributed by atoms with Crippen molar-refractivity contribution in [1.29, 1.82) is 0 Å². The SMILES string of the molecule is C[C@@H]1CCCC[C@@H]1OCCNC(=O)CN1CC[C@@]2(CCOC2)C1. The number of amides is 1. The van der Waals surface area contributed by atoms with Gasteiger partial charge < -0.3 is 14.8 Å². The molecule has 3 rings (SSSR count). The molecule has 132 valence electrons. The zero-order valence-electron chi connectivity index (χ0n) is 14.5. The Morgan fingerprint density at radius 2 is 2.22 bits per heavy atom. The first-order valence-corrected chi connectivity index (χ1v) is 9.35. The van der Waals surface area contributed by atoms with Gasteiger partial charge in [-0.15, -0.1) is 0 Å². The summed E-state index contributed by atoms with van der Waals surface area (Å²) in [6.45, 7) is 7.85. The minimum absolute atomic E-state index is 0.126. The van der Waals surface area contributed by atoms with Gasteiger partial charge in [0.25, 0.3) is 0 Å². The fourth-order valence-electron chi connectivity index (χ4n) is 4.32. The second kappa shape index (κ2) is 7.95. The normalized spacial score (nSPS) is 35.0. The molecule has 0 aromatic carbocycles. The minimum atomic E-state index is 0.126. The van der Waals surface area contributed by atoms with Gasteiger partial charge in [0.05, 0.1) is 25.9 Å². The van der Waals surface area contributed by atoms with Gasteiger partial charge in [-0.3, -0.25) is 9.69 Å². The fourth-order valence-corrected chi connectivity index (χ4v) is 4.32. The van der Waals surface area contributed by atoms with Crippen LogP contribution in [0.3, 0.4) is 0 Å². The smallest absolute Gasteiger partial charge is 0.234 e. The van der Waals surface area contributed by atoms with E-state index in [2.05, 4.69) is 17.1 Å². The van der Waals surface area contributed by atoms with E-state index in [4.69, 9.17) is 9.47 Å². The van der Waals surface area contributed by atoms with Crippen molar-refractivity contribution in [2.75, 3.05) is 46.0 Å². The van der Waals surface area contributed by atoms with E-state index in [9.17, 15) is 4.79 Å². The number of hydrogen-bond acceptors (Lipinski definition) is 4. The Labute approximate surface area is 140 Å². The van der Waals surface area contributed by atoms with Gasteiger partial charge in [0.1, 0.15) is 0 Å². The van der Waals surface area contributed by atoms with Crippen molar-refractivity contribution in [1.82, 2.24) is 10.2 Å². The molecule has 1 aliphatic carbocycles. The van der Waals surface area contributed by atoms with Gasteiger partial charge in [-0.25, -0.2) is 0 Å². The van der Waals surface area contributed by atoms with E-state index in [0.717, 1.165) is 32.7 Å². The number of nitrogens with zero attached hydrogens (tertiary/aromatic N) is 1. The molecule has 0 radical (unpaired) electrons. The maximum Gasteiger partial charge on any atom is 0.234 e. The highest BCUT2D eigenvalue weighted by molar-refractivity contribution is 5.78. The average molecular weight is 324 g/mol. The molecule has 2 heterocycles. The molecule has 1 saturated carbocycles. The molecule has 3 atom stereocenters. The van der Waals surface area contributed by atoms with Gasteiger partial charge in [-0.05, 0) is 38.1 Å². The van der Waals surface area contributed by atoms with Crippen LogP contribution in [0.15, 0.2) is 0 Å². The van der Waals surface area contributed by atoms with Crippen molar-refractivity contribution in [3.8, 4) is 0 Å². The van der Waals surface area contributed by atoms with Crippen molar-refractivity contribution >= 4 is 5.91 Å².